The normalized spacial score (nSPS) is 22.7. The van der Waals surface area contributed by atoms with E-state index in [9.17, 15) is 0 Å². The van der Waals surface area contributed by atoms with Gasteiger partial charge in [0.15, 0.2) is 5.96 Å². The summed E-state index contributed by atoms with van der Waals surface area (Å²) < 4.78 is 11.1. The Labute approximate surface area is 189 Å². The van der Waals surface area contributed by atoms with Crippen LogP contribution in [0.5, 0.6) is 0 Å². The van der Waals surface area contributed by atoms with Crippen molar-refractivity contribution in [3.05, 3.63) is 0 Å². The average Bonchev–Trinajstić information content (AvgIpc) is 3.18. The van der Waals surface area contributed by atoms with Gasteiger partial charge in [-0.15, -0.1) is 24.0 Å². The van der Waals surface area contributed by atoms with E-state index >= 15 is 0 Å². The lowest BCUT2D eigenvalue weighted by Crippen LogP contribution is -2.46. The zero-order valence-electron chi connectivity index (χ0n) is 18.1. The third kappa shape index (κ3) is 11.1. The summed E-state index contributed by atoms with van der Waals surface area (Å²) in [5, 5.41) is 6.77. The molecule has 0 aromatic carbocycles. The molecule has 0 spiro atoms. The lowest BCUT2D eigenvalue weighted by Gasteiger charge is -2.33. The van der Waals surface area contributed by atoms with Gasteiger partial charge in [0.05, 0.1) is 13.2 Å². The van der Waals surface area contributed by atoms with E-state index < -0.39 is 0 Å². The molecule has 2 atom stereocenters. The molecule has 2 saturated heterocycles. The number of likely N-dealkylation sites (N-methyl/N-ethyl adjacent to an activating group) is 1. The molecule has 7 nitrogen and oxygen atoms in total. The zero-order valence-corrected chi connectivity index (χ0v) is 20.5. The molecule has 0 aliphatic carbocycles. The van der Waals surface area contributed by atoms with Gasteiger partial charge >= 0.3 is 0 Å². The first-order valence-electron chi connectivity index (χ1n) is 10.8. The van der Waals surface area contributed by atoms with E-state index in [4.69, 9.17) is 14.5 Å². The smallest absolute Gasteiger partial charge is 0.191 e. The maximum Gasteiger partial charge on any atom is 0.191 e. The highest BCUT2D eigenvalue weighted by Crippen LogP contribution is 2.12. The first kappa shape index (κ1) is 25.9. The van der Waals surface area contributed by atoms with Crippen LogP contribution in [0.1, 0.15) is 26.7 Å². The Bertz CT molecular complexity index is 413. The summed E-state index contributed by atoms with van der Waals surface area (Å²) in [5.41, 5.74) is 0. The van der Waals surface area contributed by atoms with E-state index in [0.29, 0.717) is 11.8 Å². The van der Waals surface area contributed by atoms with E-state index in [1.54, 1.807) is 0 Å². The van der Waals surface area contributed by atoms with Gasteiger partial charge in [0.1, 0.15) is 0 Å². The minimum absolute atomic E-state index is 0. The standard InChI is InChI=1S/C20H41N5O2.HI/c1-4-21-20(22-7-5-12-26-16-19-6-13-27-17-19)23-14-18(2)15-25-10-8-24(3)9-11-25;/h18-19H,4-17H2,1-3H3,(H2,21,22,23);1H. The predicted molar refractivity (Wildman–Crippen MR) is 127 cm³/mol. The summed E-state index contributed by atoms with van der Waals surface area (Å²) in [6.45, 7) is 16.3. The molecule has 2 aliphatic rings. The number of nitrogens with one attached hydrogen (secondary N) is 2. The van der Waals surface area contributed by atoms with Gasteiger partial charge in [-0.05, 0) is 32.7 Å². The fourth-order valence-electron chi connectivity index (χ4n) is 3.46. The van der Waals surface area contributed by atoms with Crippen LogP contribution in [0.15, 0.2) is 4.99 Å². The second kappa shape index (κ2) is 15.6. The number of ether oxygens (including phenoxy) is 2. The summed E-state index contributed by atoms with van der Waals surface area (Å²) in [5.74, 6) is 2.09. The van der Waals surface area contributed by atoms with Crippen LogP contribution in [-0.2, 0) is 9.47 Å². The van der Waals surface area contributed by atoms with Crippen molar-refractivity contribution in [2.45, 2.75) is 26.7 Å². The number of hydrogen-bond acceptors (Lipinski definition) is 5. The van der Waals surface area contributed by atoms with E-state index in [-0.39, 0.29) is 24.0 Å². The summed E-state index contributed by atoms with van der Waals surface area (Å²) in [7, 11) is 2.20. The van der Waals surface area contributed by atoms with Crippen LogP contribution >= 0.6 is 24.0 Å². The molecule has 0 bridgehead atoms. The number of aliphatic imine (C=N–C) groups is 1. The summed E-state index contributed by atoms with van der Waals surface area (Å²) in [4.78, 5) is 9.74. The molecular formula is C20H42IN5O2. The molecule has 2 N–H and O–H groups in total. The highest BCUT2D eigenvalue weighted by molar-refractivity contribution is 14.0. The number of rotatable bonds is 11. The van der Waals surface area contributed by atoms with Gasteiger partial charge in [0.2, 0.25) is 0 Å². The average molecular weight is 511 g/mol. The molecule has 166 valence electrons. The lowest BCUT2D eigenvalue weighted by molar-refractivity contribution is 0.0888. The first-order valence-corrected chi connectivity index (χ1v) is 10.8. The van der Waals surface area contributed by atoms with Crippen LogP contribution in [0.3, 0.4) is 0 Å². The molecule has 0 saturated carbocycles. The highest BCUT2D eigenvalue weighted by Gasteiger charge is 2.16. The summed E-state index contributed by atoms with van der Waals surface area (Å²) in [6.07, 6.45) is 2.14. The van der Waals surface area contributed by atoms with Crippen molar-refractivity contribution in [2.24, 2.45) is 16.8 Å². The topological polar surface area (TPSA) is 61.4 Å². The Hall–Kier alpha value is -0.160. The monoisotopic (exact) mass is 511 g/mol. The highest BCUT2D eigenvalue weighted by atomic mass is 127. The molecule has 0 aromatic heterocycles. The van der Waals surface area contributed by atoms with Gasteiger partial charge in [0.25, 0.3) is 0 Å². The minimum atomic E-state index is 0. The van der Waals surface area contributed by atoms with E-state index in [1.165, 1.54) is 26.2 Å². The van der Waals surface area contributed by atoms with Crippen LogP contribution in [0.25, 0.3) is 0 Å². The van der Waals surface area contributed by atoms with Crippen molar-refractivity contribution in [2.75, 3.05) is 85.8 Å². The van der Waals surface area contributed by atoms with Crippen LogP contribution in [0.2, 0.25) is 0 Å². The molecule has 2 heterocycles. The molecule has 0 aromatic rings. The fraction of sp³-hybridized carbons (Fsp3) is 0.950. The number of hydrogen-bond donors (Lipinski definition) is 2. The quantitative estimate of drug-likeness (QED) is 0.190. The second-order valence-corrected chi connectivity index (χ2v) is 8.01. The molecule has 2 rings (SSSR count). The minimum Gasteiger partial charge on any atom is -0.381 e. The SMILES string of the molecule is CCNC(=NCC(C)CN1CCN(C)CC1)NCCCOCC1CCOC1.I. The molecular weight excluding hydrogens is 469 g/mol. The van der Waals surface area contributed by atoms with Crippen molar-refractivity contribution in [1.82, 2.24) is 20.4 Å². The van der Waals surface area contributed by atoms with Gasteiger partial charge < -0.3 is 29.9 Å². The van der Waals surface area contributed by atoms with Gasteiger partial charge in [-0.1, -0.05) is 6.92 Å². The van der Waals surface area contributed by atoms with Crippen LogP contribution in [-0.4, -0.2) is 102 Å². The van der Waals surface area contributed by atoms with Crippen molar-refractivity contribution in [3.63, 3.8) is 0 Å². The molecule has 2 unspecified atom stereocenters. The Kier molecular flexibility index (Phi) is 14.5. The first-order chi connectivity index (χ1) is 13.2. The summed E-state index contributed by atoms with van der Waals surface area (Å²) in [6, 6.07) is 0. The van der Waals surface area contributed by atoms with Crippen LogP contribution < -0.4 is 10.6 Å². The number of nitrogens with zero attached hydrogens (tertiary/aromatic N) is 3. The molecule has 0 radical (unpaired) electrons. The Balaban J connectivity index is 0.00000392. The number of guanidine groups is 1. The molecule has 28 heavy (non-hydrogen) atoms. The maximum absolute atomic E-state index is 5.76. The molecule has 2 fully saturated rings. The third-order valence-corrected chi connectivity index (χ3v) is 5.21. The van der Waals surface area contributed by atoms with Crippen molar-refractivity contribution >= 4 is 29.9 Å². The fourth-order valence-corrected chi connectivity index (χ4v) is 3.46. The third-order valence-electron chi connectivity index (χ3n) is 5.21. The van der Waals surface area contributed by atoms with Gasteiger partial charge in [-0.3, -0.25) is 4.99 Å². The number of piperazine rings is 1. The second-order valence-electron chi connectivity index (χ2n) is 8.01. The van der Waals surface area contributed by atoms with E-state index in [2.05, 4.69) is 41.3 Å². The van der Waals surface area contributed by atoms with Crippen molar-refractivity contribution < 1.29 is 9.47 Å². The zero-order chi connectivity index (χ0) is 19.3. The predicted octanol–water partition coefficient (Wildman–Crippen LogP) is 1.49. The van der Waals surface area contributed by atoms with E-state index in [1.807, 2.05) is 0 Å². The summed E-state index contributed by atoms with van der Waals surface area (Å²) >= 11 is 0. The number of halogens is 1. The Morgan fingerprint density at radius 1 is 1.25 bits per heavy atom. The lowest BCUT2D eigenvalue weighted by atomic mass is 10.1. The Morgan fingerprint density at radius 3 is 2.71 bits per heavy atom. The van der Waals surface area contributed by atoms with Crippen LogP contribution in [0.4, 0.5) is 0 Å². The van der Waals surface area contributed by atoms with Gasteiger partial charge in [0, 0.05) is 71.5 Å². The van der Waals surface area contributed by atoms with Crippen molar-refractivity contribution in [3.8, 4) is 0 Å². The molecule has 2 aliphatic heterocycles. The van der Waals surface area contributed by atoms with Gasteiger partial charge in [-0.25, -0.2) is 0 Å². The molecule has 0 amide bonds. The van der Waals surface area contributed by atoms with Crippen LogP contribution in [0, 0.1) is 11.8 Å². The van der Waals surface area contributed by atoms with Gasteiger partial charge in [-0.2, -0.15) is 0 Å². The molecule has 8 heteroatoms. The largest absolute Gasteiger partial charge is 0.381 e. The van der Waals surface area contributed by atoms with Crippen molar-refractivity contribution in [1.29, 1.82) is 0 Å². The van der Waals surface area contributed by atoms with E-state index in [0.717, 1.165) is 71.4 Å². The maximum atomic E-state index is 5.76. The Morgan fingerprint density at radius 2 is 2.04 bits per heavy atom.